The number of methoxy groups -OCH3 is 1. The molecule has 0 atom stereocenters. The van der Waals surface area contributed by atoms with E-state index < -0.39 is 0 Å². The Bertz CT molecular complexity index is 1750. The molecule has 5 aromatic rings. The number of carbonyl (C=O) groups excluding carboxylic acids is 1. The quantitative estimate of drug-likeness (QED) is 0.315. The molecule has 1 aliphatic heterocycles. The van der Waals surface area contributed by atoms with Crippen molar-refractivity contribution in [3.05, 3.63) is 59.4 Å². The minimum Gasteiger partial charge on any atom is -0.496 e. The van der Waals surface area contributed by atoms with Crippen LogP contribution in [-0.2, 0) is 18.2 Å². The Morgan fingerprint density at radius 3 is 2.65 bits per heavy atom. The predicted octanol–water partition coefficient (Wildman–Crippen LogP) is 4.42. The predicted molar refractivity (Wildman–Crippen MR) is 153 cm³/mol. The third-order valence-electron chi connectivity index (χ3n) is 7.72. The van der Waals surface area contributed by atoms with Crippen LogP contribution in [0.2, 0.25) is 0 Å². The van der Waals surface area contributed by atoms with E-state index in [4.69, 9.17) is 24.5 Å². The molecule has 0 saturated carbocycles. The molecule has 1 amide bonds. The smallest absolute Gasteiger partial charge is 0.270 e. The number of aryl methyl sites for hydroxylation is 4. The number of hydrogen-bond donors (Lipinski definition) is 0. The van der Waals surface area contributed by atoms with E-state index in [0.717, 1.165) is 62.9 Å². The Balaban J connectivity index is 1.54. The fourth-order valence-corrected chi connectivity index (χ4v) is 5.72. The summed E-state index contributed by atoms with van der Waals surface area (Å²) in [4.78, 5) is 29.7. The molecule has 6 heterocycles. The van der Waals surface area contributed by atoms with Crippen LogP contribution in [0.1, 0.15) is 40.8 Å². The van der Waals surface area contributed by atoms with Crippen molar-refractivity contribution in [2.24, 2.45) is 7.05 Å². The molecule has 206 valence electrons. The van der Waals surface area contributed by atoms with Crippen molar-refractivity contribution in [1.82, 2.24) is 34.2 Å². The van der Waals surface area contributed by atoms with Gasteiger partial charge in [-0.15, -0.1) is 0 Å². The minimum atomic E-state index is 0.0322. The van der Waals surface area contributed by atoms with Gasteiger partial charge in [0.1, 0.15) is 11.4 Å². The number of morpholine rings is 1. The summed E-state index contributed by atoms with van der Waals surface area (Å²) in [6.45, 7) is 8.47. The largest absolute Gasteiger partial charge is 0.496 e. The van der Waals surface area contributed by atoms with Crippen LogP contribution in [0.15, 0.2) is 36.8 Å². The first-order valence-corrected chi connectivity index (χ1v) is 13.6. The van der Waals surface area contributed by atoms with Gasteiger partial charge >= 0.3 is 0 Å². The Kier molecular flexibility index (Phi) is 6.71. The first kappa shape index (κ1) is 25.9. The maximum Gasteiger partial charge on any atom is 0.270 e. The van der Waals surface area contributed by atoms with Gasteiger partial charge in [0, 0.05) is 49.0 Å². The molecule has 0 aliphatic carbocycles. The van der Waals surface area contributed by atoms with E-state index in [2.05, 4.69) is 11.9 Å². The van der Waals surface area contributed by atoms with Crippen LogP contribution < -0.4 is 4.74 Å². The van der Waals surface area contributed by atoms with Crippen molar-refractivity contribution in [3.8, 4) is 22.8 Å². The number of rotatable bonds is 6. The second-order valence-corrected chi connectivity index (χ2v) is 10.2. The molecule has 0 N–H and O–H groups in total. The summed E-state index contributed by atoms with van der Waals surface area (Å²) >= 11 is 0. The Labute approximate surface area is 232 Å². The average Bonchev–Trinajstić information content (AvgIpc) is 3.52. The number of fused-ring (bicyclic) bond motifs is 2. The summed E-state index contributed by atoms with van der Waals surface area (Å²) in [6, 6.07) is 5.88. The van der Waals surface area contributed by atoms with E-state index in [0.29, 0.717) is 43.6 Å². The van der Waals surface area contributed by atoms with Gasteiger partial charge in [0.15, 0.2) is 5.82 Å². The van der Waals surface area contributed by atoms with Gasteiger partial charge in [-0.2, -0.15) is 5.10 Å². The van der Waals surface area contributed by atoms with Crippen LogP contribution in [0.5, 0.6) is 5.75 Å². The van der Waals surface area contributed by atoms with Gasteiger partial charge in [0.2, 0.25) is 0 Å². The number of carbonyl (C=O) groups is 1. The molecule has 0 unspecified atom stereocenters. The van der Waals surface area contributed by atoms with Gasteiger partial charge in [-0.3, -0.25) is 14.8 Å². The lowest BCUT2D eigenvalue weighted by Gasteiger charge is -2.27. The molecule has 1 aliphatic rings. The minimum absolute atomic E-state index is 0.0322. The van der Waals surface area contributed by atoms with Crippen molar-refractivity contribution in [2.75, 3.05) is 33.4 Å². The highest BCUT2D eigenvalue weighted by Crippen LogP contribution is 2.33. The third kappa shape index (κ3) is 4.19. The molecule has 10 nitrogen and oxygen atoms in total. The van der Waals surface area contributed by atoms with Crippen molar-refractivity contribution in [1.29, 1.82) is 0 Å². The highest BCUT2D eigenvalue weighted by molar-refractivity contribution is 6.02. The molecule has 0 radical (unpaired) electrons. The second kappa shape index (κ2) is 10.3. The molecule has 6 rings (SSSR count). The molecular weight excluding hydrogens is 506 g/mol. The molecule has 0 bridgehead atoms. The number of ether oxygens (including phenoxy) is 2. The summed E-state index contributed by atoms with van der Waals surface area (Å²) < 4.78 is 14.9. The van der Waals surface area contributed by atoms with Crippen LogP contribution >= 0.6 is 0 Å². The van der Waals surface area contributed by atoms with Gasteiger partial charge in [0.05, 0.1) is 54.5 Å². The summed E-state index contributed by atoms with van der Waals surface area (Å²) in [5, 5.41) is 6.70. The molecule has 5 aromatic heterocycles. The van der Waals surface area contributed by atoms with Gasteiger partial charge < -0.3 is 18.9 Å². The third-order valence-corrected chi connectivity index (χ3v) is 7.72. The van der Waals surface area contributed by atoms with E-state index in [9.17, 15) is 4.79 Å². The van der Waals surface area contributed by atoms with Crippen molar-refractivity contribution in [3.63, 3.8) is 0 Å². The number of hydrogen-bond acceptors (Lipinski definition) is 7. The Hall–Kier alpha value is -4.31. The van der Waals surface area contributed by atoms with E-state index in [1.165, 1.54) is 0 Å². The molecule has 40 heavy (non-hydrogen) atoms. The fourth-order valence-electron chi connectivity index (χ4n) is 5.72. The Morgan fingerprint density at radius 2 is 1.90 bits per heavy atom. The normalized spacial score (nSPS) is 13.9. The van der Waals surface area contributed by atoms with Crippen molar-refractivity contribution in [2.45, 2.75) is 33.6 Å². The summed E-state index contributed by atoms with van der Waals surface area (Å²) in [7, 11) is 3.61. The van der Waals surface area contributed by atoms with Crippen LogP contribution in [-0.4, -0.2) is 73.5 Å². The first-order chi connectivity index (χ1) is 19.4. The van der Waals surface area contributed by atoms with Gasteiger partial charge in [-0.05, 0) is 44.0 Å². The lowest BCUT2D eigenvalue weighted by Crippen LogP contribution is -2.41. The lowest BCUT2D eigenvalue weighted by atomic mass is 10.1. The van der Waals surface area contributed by atoms with E-state index in [1.54, 1.807) is 19.5 Å². The molecule has 1 fully saturated rings. The molecule has 0 aromatic carbocycles. The topological polar surface area (TPSA) is 100 Å². The number of amides is 1. The zero-order valence-corrected chi connectivity index (χ0v) is 23.6. The van der Waals surface area contributed by atoms with Gasteiger partial charge in [0.25, 0.3) is 5.91 Å². The molecule has 0 spiro atoms. The lowest BCUT2D eigenvalue weighted by molar-refractivity contribution is 0.0296. The van der Waals surface area contributed by atoms with E-state index >= 15 is 0 Å². The van der Waals surface area contributed by atoms with E-state index in [1.807, 2.05) is 59.4 Å². The van der Waals surface area contributed by atoms with Gasteiger partial charge in [-0.1, -0.05) is 13.3 Å². The summed E-state index contributed by atoms with van der Waals surface area (Å²) in [6.07, 6.45) is 7.00. The molecule has 1 saturated heterocycles. The highest BCUT2D eigenvalue weighted by atomic mass is 16.5. The number of aromatic nitrogens is 6. The van der Waals surface area contributed by atoms with E-state index in [-0.39, 0.29) is 5.91 Å². The summed E-state index contributed by atoms with van der Waals surface area (Å²) in [5.41, 5.74) is 6.90. The van der Waals surface area contributed by atoms with Crippen molar-refractivity contribution < 1.29 is 14.3 Å². The monoisotopic (exact) mass is 539 g/mol. The summed E-state index contributed by atoms with van der Waals surface area (Å²) in [5.74, 6) is 1.44. The maximum atomic E-state index is 13.6. The standard InChI is InChI=1S/C30H33N7O3/c1-6-7-23-29-20(18(2)28(35(29)4)30(38)36-10-12-40-13-11-36)14-27(34-23)37-25-15-24(33-19(3)21(25)17-32-37)22-16-31-9-8-26(22)39-5/h8-9,14-17H,6-7,10-13H2,1-5H3. The fraction of sp³-hybridized carbons (Fsp3) is 0.367. The number of pyridine rings is 3. The first-order valence-electron chi connectivity index (χ1n) is 13.6. The number of nitrogens with zero attached hydrogens (tertiary/aromatic N) is 7. The zero-order chi connectivity index (χ0) is 28.0. The average molecular weight is 540 g/mol. The van der Waals surface area contributed by atoms with Crippen LogP contribution in [0.4, 0.5) is 0 Å². The maximum absolute atomic E-state index is 13.6. The zero-order valence-electron chi connectivity index (χ0n) is 23.6. The highest BCUT2D eigenvalue weighted by Gasteiger charge is 2.27. The van der Waals surface area contributed by atoms with Gasteiger partial charge in [-0.25, -0.2) is 9.67 Å². The van der Waals surface area contributed by atoms with Crippen LogP contribution in [0, 0.1) is 13.8 Å². The Morgan fingerprint density at radius 1 is 1.10 bits per heavy atom. The molecular formula is C30H33N7O3. The van der Waals surface area contributed by atoms with Crippen LogP contribution in [0.3, 0.4) is 0 Å². The van der Waals surface area contributed by atoms with Crippen LogP contribution in [0.25, 0.3) is 38.9 Å². The van der Waals surface area contributed by atoms with Crippen molar-refractivity contribution >= 4 is 27.7 Å². The SMILES string of the molecule is CCCc1nc(-n2ncc3c(C)nc(-c4cnccc4OC)cc32)cc2c(C)c(C(=O)N3CCOCC3)n(C)c12. The second-order valence-electron chi connectivity index (χ2n) is 10.2. The molecule has 10 heteroatoms.